The van der Waals surface area contributed by atoms with Gasteiger partial charge < -0.3 is 9.47 Å². The number of hydrogen-bond donors (Lipinski definition) is 0. The van der Waals surface area contributed by atoms with Crippen LogP contribution in [0.1, 0.15) is 38.8 Å². The molecule has 126 valence electrons. The topological polar surface area (TPSA) is 35.5 Å². The molecule has 0 radical (unpaired) electrons. The molecule has 0 bridgehead atoms. The molecule has 3 nitrogen and oxygen atoms in total. The van der Waals surface area contributed by atoms with Crippen molar-refractivity contribution in [2.45, 2.75) is 33.1 Å². The summed E-state index contributed by atoms with van der Waals surface area (Å²) >= 11 is 0. The molecule has 0 aromatic heterocycles. The number of esters is 1. The first-order chi connectivity index (χ1) is 11.4. The highest BCUT2D eigenvalue weighted by atomic mass is 16.5. The van der Waals surface area contributed by atoms with Gasteiger partial charge in [0.1, 0.15) is 11.5 Å². The van der Waals surface area contributed by atoms with Crippen molar-refractivity contribution in [3.05, 3.63) is 65.7 Å². The number of hydrogen-bond acceptors (Lipinski definition) is 3. The van der Waals surface area contributed by atoms with Crippen molar-refractivity contribution < 1.29 is 14.3 Å². The van der Waals surface area contributed by atoms with Crippen LogP contribution in [0, 0.1) is 0 Å². The lowest BCUT2D eigenvalue weighted by molar-refractivity contribution is -0.128. The fourth-order valence-corrected chi connectivity index (χ4v) is 2.32. The van der Waals surface area contributed by atoms with Gasteiger partial charge in [-0.05, 0) is 42.2 Å². The molecule has 24 heavy (non-hydrogen) atoms. The van der Waals surface area contributed by atoms with Crippen LogP contribution in [0.2, 0.25) is 0 Å². The van der Waals surface area contributed by atoms with E-state index in [0.29, 0.717) is 12.4 Å². The van der Waals surface area contributed by atoms with E-state index < -0.39 is 0 Å². The Morgan fingerprint density at radius 1 is 1.04 bits per heavy atom. The third-order valence-corrected chi connectivity index (χ3v) is 3.51. The second kappa shape index (κ2) is 7.82. The number of ether oxygens (including phenoxy) is 2. The molecule has 0 N–H and O–H groups in total. The van der Waals surface area contributed by atoms with Gasteiger partial charge >= 0.3 is 5.97 Å². The molecular formula is C21H24O3. The predicted molar refractivity (Wildman–Crippen MR) is 97.4 cm³/mol. The summed E-state index contributed by atoms with van der Waals surface area (Å²) < 4.78 is 10.9. The van der Waals surface area contributed by atoms with Crippen molar-refractivity contribution in [3.63, 3.8) is 0 Å². The van der Waals surface area contributed by atoms with Crippen LogP contribution in [0.5, 0.6) is 11.5 Å². The number of carbonyl (C=O) groups is 1. The molecule has 0 saturated carbocycles. The lowest BCUT2D eigenvalue weighted by Gasteiger charge is -2.21. The minimum atomic E-state index is -0.388. The first-order valence-electron chi connectivity index (χ1n) is 8.12. The van der Waals surface area contributed by atoms with Gasteiger partial charge in [-0.25, -0.2) is 4.79 Å². The van der Waals surface area contributed by atoms with E-state index in [1.165, 1.54) is 6.08 Å². The summed E-state index contributed by atoms with van der Waals surface area (Å²) in [6.45, 7) is 8.86. The fraction of sp³-hybridized carbons (Fsp3) is 0.286. The molecule has 0 amide bonds. The zero-order valence-electron chi connectivity index (χ0n) is 14.7. The monoisotopic (exact) mass is 324 g/mol. The Kier molecular flexibility index (Phi) is 5.80. The summed E-state index contributed by atoms with van der Waals surface area (Å²) in [7, 11) is 0. The maximum atomic E-state index is 12.1. The van der Waals surface area contributed by atoms with Crippen molar-refractivity contribution in [2.75, 3.05) is 6.61 Å². The Morgan fingerprint density at radius 2 is 1.71 bits per heavy atom. The van der Waals surface area contributed by atoms with E-state index in [4.69, 9.17) is 9.47 Å². The van der Waals surface area contributed by atoms with Crippen molar-refractivity contribution in [3.8, 4) is 11.5 Å². The summed E-state index contributed by atoms with van der Waals surface area (Å²) in [5.41, 5.74) is 1.84. The summed E-state index contributed by atoms with van der Waals surface area (Å²) in [5.74, 6) is 1.03. The Balaban J connectivity index is 2.06. The van der Waals surface area contributed by atoms with Gasteiger partial charge in [0.2, 0.25) is 0 Å². The third kappa shape index (κ3) is 4.98. The van der Waals surface area contributed by atoms with E-state index in [2.05, 4.69) is 20.8 Å². The summed E-state index contributed by atoms with van der Waals surface area (Å²) in [4.78, 5) is 12.1. The number of benzene rings is 2. The van der Waals surface area contributed by atoms with Crippen LogP contribution < -0.4 is 9.47 Å². The maximum Gasteiger partial charge on any atom is 0.336 e. The number of carbonyl (C=O) groups excluding carboxylic acids is 1. The van der Waals surface area contributed by atoms with Crippen LogP contribution in [0.4, 0.5) is 0 Å². The molecule has 2 aromatic rings. The predicted octanol–water partition coefficient (Wildman–Crippen LogP) is 5.00. The van der Waals surface area contributed by atoms with E-state index in [0.717, 1.165) is 16.9 Å². The maximum absolute atomic E-state index is 12.1. The lowest BCUT2D eigenvalue weighted by Crippen LogP contribution is -2.15. The Hall–Kier alpha value is -2.55. The molecule has 0 spiro atoms. The largest absolute Gasteiger partial charge is 0.494 e. The van der Waals surface area contributed by atoms with Gasteiger partial charge in [0.25, 0.3) is 0 Å². The Labute approximate surface area is 143 Å². The lowest BCUT2D eigenvalue weighted by atomic mass is 9.86. The number of rotatable bonds is 5. The van der Waals surface area contributed by atoms with Gasteiger partial charge in [-0.2, -0.15) is 0 Å². The molecule has 0 unspecified atom stereocenters. The molecule has 0 saturated heterocycles. The first kappa shape index (κ1) is 17.8. The minimum absolute atomic E-state index is 0.0876. The van der Waals surface area contributed by atoms with Gasteiger partial charge in [-0.3, -0.25) is 0 Å². The van der Waals surface area contributed by atoms with Gasteiger partial charge in [0.05, 0.1) is 6.61 Å². The average molecular weight is 324 g/mol. The molecule has 2 rings (SSSR count). The van der Waals surface area contributed by atoms with Crippen molar-refractivity contribution in [1.82, 2.24) is 0 Å². The molecule has 0 aliphatic carbocycles. The fourth-order valence-electron chi connectivity index (χ4n) is 2.32. The van der Waals surface area contributed by atoms with Crippen LogP contribution in [0.15, 0.2) is 54.6 Å². The van der Waals surface area contributed by atoms with Gasteiger partial charge in [-0.15, -0.1) is 0 Å². The summed E-state index contributed by atoms with van der Waals surface area (Å²) in [5, 5.41) is 0. The highest BCUT2D eigenvalue weighted by molar-refractivity contribution is 5.88. The van der Waals surface area contributed by atoms with Crippen LogP contribution in [-0.2, 0) is 10.2 Å². The molecule has 0 heterocycles. The van der Waals surface area contributed by atoms with Gasteiger partial charge in [0, 0.05) is 11.6 Å². The second-order valence-corrected chi connectivity index (χ2v) is 6.50. The standard InChI is InChI=1S/C21H24O3/c1-5-23-17-13-10-16(11-14-17)12-15-20(22)24-19-9-7-6-8-18(19)21(2,3)4/h6-15H,5H2,1-4H3/b15-12+. The van der Waals surface area contributed by atoms with E-state index in [9.17, 15) is 4.79 Å². The van der Waals surface area contributed by atoms with Crippen LogP contribution in [0.25, 0.3) is 6.08 Å². The molecular weight excluding hydrogens is 300 g/mol. The van der Waals surface area contributed by atoms with E-state index in [1.54, 1.807) is 6.08 Å². The van der Waals surface area contributed by atoms with E-state index >= 15 is 0 Å². The molecule has 0 aliphatic rings. The molecule has 0 aliphatic heterocycles. The zero-order valence-corrected chi connectivity index (χ0v) is 14.7. The van der Waals surface area contributed by atoms with Crippen molar-refractivity contribution >= 4 is 12.0 Å². The normalized spacial score (nSPS) is 11.5. The summed E-state index contributed by atoms with van der Waals surface area (Å²) in [6, 6.07) is 15.2. The highest BCUT2D eigenvalue weighted by Crippen LogP contribution is 2.31. The van der Waals surface area contributed by atoms with Crippen LogP contribution in [0.3, 0.4) is 0 Å². The quantitative estimate of drug-likeness (QED) is 0.441. The highest BCUT2D eigenvalue weighted by Gasteiger charge is 2.19. The van der Waals surface area contributed by atoms with E-state index in [1.807, 2.05) is 55.5 Å². The molecule has 0 fully saturated rings. The SMILES string of the molecule is CCOc1ccc(/C=C/C(=O)Oc2ccccc2C(C)(C)C)cc1. The number of para-hydroxylation sites is 1. The van der Waals surface area contributed by atoms with E-state index in [-0.39, 0.29) is 11.4 Å². The first-order valence-corrected chi connectivity index (χ1v) is 8.12. The molecule has 3 heteroatoms. The van der Waals surface area contributed by atoms with Gasteiger partial charge in [0.15, 0.2) is 0 Å². The molecule has 2 aromatic carbocycles. The smallest absolute Gasteiger partial charge is 0.336 e. The third-order valence-electron chi connectivity index (χ3n) is 3.51. The van der Waals surface area contributed by atoms with Crippen molar-refractivity contribution in [1.29, 1.82) is 0 Å². The van der Waals surface area contributed by atoms with Crippen LogP contribution >= 0.6 is 0 Å². The zero-order chi connectivity index (χ0) is 17.6. The summed E-state index contributed by atoms with van der Waals surface area (Å²) in [6.07, 6.45) is 3.17. The Bertz CT molecular complexity index is 707. The van der Waals surface area contributed by atoms with Crippen LogP contribution in [-0.4, -0.2) is 12.6 Å². The molecule has 0 atom stereocenters. The van der Waals surface area contributed by atoms with Crippen molar-refractivity contribution in [2.24, 2.45) is 0 Å². The second-order valence-electron chi connectivity index (χ2n) is 6.50. The minimum Gasteiger partial charge on any atom is -0.494 e. The average Bonchev–Trinajstić information content (AvgIpc) is 2.54. The Morgan fingerprint density at radius 3 is 2.33 bits per heavy atom. The van der Waals surface area contributed by atoms with Gasteiger partial charge in [-0.1, -0.05) is 51.1 Å².